The minimum atomic E-state index is 0.724. The van der Waals surface area contributed by atoms with Crippen LogP contribution in [0.3, 0.4) is 0 Å². The fourth-order valence-electron chi connectivity index (χ4n) is 3.51. The molecule has 2 heterocycles. The van der Waals surface area contributed by atoms with Crippen LogP contribution in [0.25, 0.3) is 0 Å². The van der Waals surface area contributed by atoms with Crippen LogP contribution in [-0.2, 0) is 0 Å². The van der Waals surface area contributed by atoms with Gasteiger partial charge in [0.2, 0.25) is 0 Å². The van der Waals surface area contributed by atoms with Crippen LogP contribution in [0.5, 0.6) is 0 Å². The molecule has 112 valence electrons. The Labute approximate surface area is 119 Å². The second kappa shape index (κ2) is 7.61. The topological polar surface area (TPSA) is 18.5 Å². The molecule has 2 rings (SSSR count). The number of nitrogens with zero attached hydrogens (tertiary/aromatic N) is 2. The molecule has 2 aliphatic rings. The van der Waals surface area contributed by atoms with Crippen LogP contribution >= 0.6 is 0 Å². The number of hydrogen-bond donors (Lipinski definition) is 1. The van der Waals surface area contributed by atoms with Crippen molar-refractivity contribution < 1.29 is 0 Å². The van der Waals surface area contributed by atoms with Crippen LogP contribution in [0.2, 0.25) is 0 Å². The van der Waals surface area contributed by atoms with Gasteiger partial charge in [-0.1, -0.05) is 6.92 Å². The Bertz CT molecular complexity index is 246. The molecule has 0 saturated carbocycles. The molecule has 3 heteroatoms. The lowest BCUT2D eigenvalue weighted by atomic mass is 10.0. The van der Waals surface area contributed by atoms with Crippen LogP contribution < -0.4 is 5.32 Å². The number of piperidine rings is 1. The minimum Gasteiger partial charge on any atom is -0.314 e. The molecule has 1 unspecified atom stereocenters. The van der Waals surface area contributed by atoms with Gasteiger partial charge in [0, 0.05) is 18.6 Å². The van der Waals surface area contributed by atoms with E-state index in [0.29, 0.717) is 0 Å². The van der Waals surface area contributed by atoms with Crippen LogP contribution in [0, 0.1) is 5.92 Å². The number of likely N-dealkylation sites (tertiary alicyclic amines) is 2. The SMILES string of the molecule is CCCN1CCC(NCC2CCN(C(C)C)C2)CC1. The van der Waals surface area contributed by atoms with Crippen molar-refractivity contribution in [3.8, 4) is 0 Å². The first-order valence-electron chi connectivity index (χ1n) is 8.38. The summed E-state index contributed by atoms with van der Waals surface area (Å²) in [6.07, 6.45) is 5.38. The Balaban J connectivity index is 1.60. The fourth-order valence-corrected chi connectivity index (χ4v) is 3.51. The molecule has 0 radical (unpaired) electrons. The predicted molar refractivity (Wildman–Crippen MR) is 82.6 cm³/mol. The van der Waals surface area contributed by atoms with Crippen molar-refractivity contribution in [3.05, 3.63) is 0 Å². The van der Waals surface area contributed by atoms with E-state index < -0.39 is 0 Å². The highest BCUT2D eigenvalue weighted by Crippen LogP contribution is 2.18. The molecule has 0 aliphatic carbocycles. The summed E-state index contributed by atoms with van der Waals surface area (Å²) in [7, 11) is 0. The minimum absolute atomic E-state index is 0.724. The van der Waals surface area contributed by atoms with Gasteiger partial charge in [0.25, 0.3) is 0 Å². The van der Waals surface area contributed by atoms with E-state index in [2.05, 4.69) is 35.9 Å². The van der Waals surface area contributed by atoms with E-state index in [-0.39, 0.29) is 0 Å². The molecule has 0 aromatic carbocycles. The lowest BCUT2D eigenvalue weighted by Crippen LogP contribution is -2.44. The summed E-state index contributed by atoms with van der Waals surface area (Å²) in [4.78, 5) is 5.24. The average molecular weight is 267 g/mol. The lowest BCUT2D eigenvalue weighted by Gasteiger charge is -2.32. The van der Waals surface area contributed by atoms with E-state index in [1.54, 1.807) is 0 Å². The summed E-state index contributed by atoms with van der Waals surface area (Å²) in [5, 5.41) is 3.83. The Hall–Kier alpha value is -0.120. The van der Waals surface area contributed by atoms with Gasteiger partial charge in [-0.3, -0.25) is 0 Å². The predicted octanol–water partition coefficient (Wildman–Crippen LogP) is 2.18. The highest BCUT2D eigenvalue weighted by molar-refractivity contribution is 4.82. The van der Waals surface area contributed by atoms with Gasteiger partial charge in [-0.15, -0.1) is 0 Å². The van der Waals surface area contributed by atoms with E-state index in [1.165, 1.54) is 65.0 Å². The maximum Gasteiger partial charge on any atom is 0.00915 e. The van der Waals surface area contributed by atoms with Crippen molar-refractivity contribution in [3.63, 3.8) is 0 Å². The summed E-state index contributed by atoms with van der Waals surface area (Å²) in [5.74, 6) is 0.885. The van der Waals surface area contributed by atoms with Crippen molar-refractivity contribution in [2.75, 3.05) is 39.3 Å². The second-order valence-electron chi connectivity index (χ2n) is 6.77. The molecule has 2 fully saturated rings. The van der Waals surface area contributed by atoms with Gasteiger partial charge in [0.05, 0.1) is 0 Å². The third kappa shape index (κ3) is 4.73. The molecule has 1 N–H and O–H groups in total. The van der Waals surface area contributed by atoms with E-state index in [9.17, 15) is 0 Å². The Morgan fingerprint density at radius 3 is 2.42 bits per heavy atom. The van der Waals surface area contributed by atoms with E-state index in [1.807, 2.05) is 0 Å². The van der Waals surface area contributed by atoms with E-state index in [4.69, 9.17) is 0 Å². The molecule has 0 aromatic heterocycles. The molecule has 1 atom stereocenters. The molecule has 2 saturated heterocycles. The van der Waals surface area contributed by atoms with Crippen molar-refractivity contribution in [2.45, 2.75) is 58.5 Å². The zero-order chi connectivity index (χ0) is 13.7. The van der Waals surface area contributed by atoms with E-state index >= 15 is 0 Å². The highest BCUT2D eigenvalue weighted by Gasteiger charge is 2.25. The summed E-state index contributed by atoms with van der Waals surface area (Å²) < 4.78 is 0. The van der Waals surface area contributed by atoms with Crippen LogP contribution in [0.1, 0.15) is 46.5 Å². The summed E-state index contributed by atoms with van der Waals surface area (Å²) >= 11 is 0. The van der Waals surface area contributed by atoms with Crippen LogP contribution in [0.15, 0.2) is 0 Å². The highest BCUT2D eigenvalue weighted by atomic mass is 15.2. The summed E-state index contributed by atoms with van der Waals surface area (Å²) in [6.45, 7) is 14.7. The van der Waals surface area contributed by atoms with Gasteiger partial charge < -0.3 is 15.1 Å². The smallest absolute Gasteiger partial charge is 0.00915 e. The first kappa shape index (κ1) is 15.3. The molecule has 0 amide bonds. The second-order valence-corrected chi connectivity index (χ2v) is 6.77. The van der Waals surface area contributed by atoms with Gasteiger partial charge in [-0.2, -0.15) is 0 Å². The third-order valence-corrected chi connectivity index (χ3v) is 4.87. The maximum absolute atomic E-state index is 3.83. The zero-order valence-electron chi connectivity index (χ0n) is 13.2. The van der Waals surface area contributed by atoms with Crippen molar-refractivity contribution in [1.29, 1.82) is 0 Å². The summed E-state index contributed by atoms with van der Waals surface area (Å²) in [6, 6.07) is 1.50. The van der Waals surface area contributed by atoms with Gasteiger partial charge in [-0.25, -0.2) is 0 Å². The van der Waals surface area contributed by atoms with Crippen molar-refractivity contribution in [1.82, 2.24) is 15.1 Å². The lowest BCUT2D eigenvalue weighted by molar-refractivity contribution is 0.194. The van der Waals surface area contributed by atoms with Crippen LogP contribution in [-0.4, -0.2) is 61.2 Å². The van der Waals surface area contributed by atoms with E-state index in [0.717, 1.165) is 18.0 Å². The third-order valence-electron chi connectivity index (χ3n) is 4.87. The monoisotopic (exact) mass is 267 g/mol. The largest absolute Gasteiger partial charge is 0.314 e. The number of hydrogen-bond acceptors (Lipinski definition) is 3. The first-order chi connectivity index (χ1) is 9.19. The van der Waals surface area contributed by atoms with Gasteiger partial charge in [0.1, 0.15) is 0 Å². The molecular weight excluding hydrogens is 234 g/mol. The maximum atomic E-state index is 3.83. The molecule has 2 aliphatic heterocycles. The summed E-state index contributed by atoms with van der Waals surface area (Å²) in [5.41, 5.74) is 0. The van der Waals surface area contributed by atoms with Crippen molar-refractivity contribution in [2.24, 2.45) is 5.92 Å². The molecule has 0 aromatic rings. The van der Waals surface area contributed by atoms with Gasteiger partial charge in [-0.05, 0) is 78.2 Å². The number of nitrogens with one attached hydrogen (secondary N) is 1. The Morgan fingerprint density at radius 2 is 1.84 bits per heavy atom. The standard InChI is InChI=1S/C16H33N3/c1-4-8-18-9-6-16(7-10-18)17-12-15-5-11-19(13-15)14(2)3/h14-17H,4-13H2,1-3H3. The van der Waals surface area contributed by atoms with Gasteiger partial charge >= 0.3 is 0 Å². The average Bonchev–Trinajstić information content (AvgIpc) is 2.87. The molecule has 19 heavy (non-hydrogen) atoms. The van der Waals surface area contributed by atoms with Crippen LogP contribution in [0.4, 0.5) is 0 Å². The fraction of sp³-hybridized carbons (Fsp3) is 1.00. The quantitative estimate of drug-likeness (QED) is 0.796. The molecule has 3 nitrogen and oxygen atoms in total. The Kier molecular flexibility index (Phi) is 6.11. The zero-order valence-corrected chi connectivity index (χ0v) is 13.2. The van der Waals surface area contributed by atoms with Gasteiger partial charge in [0.15, 0.2) is 0 Å². The molecule has 0 spiro atoms. The Morgan fingerprint density at radius 1 is 1.11 bits per heavy atom. The first-order valence-corrected chi connectivity index (χ1v) is 8.38. The normalized spacial score (nSPS) is 27.5. The number of rotatable bonds is 6. The van der Waals surface area contributed by atoms with Crippen molar-refractivity contribution >= 4 is 0 Å². The molecule has 0 bridgehead atoms. The molecular formula is C16H33N3.